The number of piperazine rings is 1. The standard InChI is InChI=1S/C23H27F3N6O2/c1-14-11-32(17-10-16(6-7-27-17)23(24,25)26)20-18(14)19(28-13-29-20)30-8-9-31(15(2)12-30)21(33)34-22(3,4)5/h6-7,10-11,13,15H,8-9,12H2,1-5H3/t15-/m1/s1. The number of carbonyl (C=O) groups is 1. The first-order valence-electron chi connectivity index (χ1n) is 11.0. The van der Waals surface area contributed by atoms with Gasteiger partial charge in [0.1, 0.15) is 23.6 Å². The van der Waals surface area contributed by atoms with Crippen molar-refractivity contribution >= 4 is 22.9 Å². The van der Waals surface area contributed by atoms with Crippen molar-refractivity contribution in [3.8, 4) is 5.82 Å². The Balaban J connectivity index is 1.65. The van der Waals surface area contributed by atoms with Gasteiger partial charge in [-0.2, -0.15) is 13.2 Å². The summed E-state index contributed by atoms with van der Waals surface area (Å²) >= 11 is 0. The Hall–Kier alpha value is -3.37. The Morgan fingerprint density at radius 1 is 1.15 bits per heavy atom. The van der Waals surface area contributed by atoms with Crippen LogP contribution in [0, 0.1) is 6.92 Å². The van der Waals surface area contributed by atoms with Crippen LogP contribution < -0.4 is 4.90 Å². The predicted molar refractivity (Wildman–Crippen MR) is 121 cm³/mol. The van der Waals surface area contributed by atoms with Crippen molar-refractivity contribution in [1.29, 1.82) is 0 Å². The third kappa shape index (κ3) is 4.64. The zero-order valence-corrected chi connectivity index (χ0v) is 19.7. The fraction of sp³-hybridized carbons (Fsp3) is 0.478. The number of anilines is 1. The van der Waals surface area contributed by atoms with Crippen LogP contribution in [0.1, 0.15) is 38.8 Å². The van der Waals surface area contributed by atoms with Crippen LogP contribution in [0.15, 0.2) is 30.9 Å². The highest BCUT2D eigenvalue weighted by Crippen LogP contribution is 2.33. The van der Waals surface area contributed by atoms with Gasteiger partial charge in [-0.25, -0.2) is 19.7 Å². The molecule has 3 aromatic heterocycles. The fourth-order valence-electron chi connectivity index (χ4n) is 4.10. The minimum Gasteiger partial charge on any atom is -0.444 e. The summed E-state index contributed by atoms with van der Waals surface area (Å²) in [6.07, 6.45) is -0.582. The smallest absolute Gasteiger partial charge is 0.416 e. The normalized spacial score (nSPS) is 17.4. The summed E-state index contributed by atoms with van der Waals surface area (Å²) in [6, 6.07) is 1.82. The van der Waals surface area contributed by atoms with Gasteiger partial charge in [0.2, 0.25) is 0 Å². The first-order valence-corrected chi connectivity index (χ1v) is 11.0. The van der Waals surface area contributed by atoms with Gasteiger partial charge < -0.3 is 14.5 Å². The molecule has 1 fully saturated rings. The fourth-order valence-corrected chi connectivity index (χ4v) is 4.10. The van der Waals surface area contributed by atoms with Crippen LogP contribution in [0.2, 0.25) is 0 Å². The molecule has 1 aliphatic rings. The van der Waals surface area contributed by atoms with Gasteiger partial charge in [-0.3, -0.25) is 4.57 Å². The van der Waals surface area contributed by atoms with Gasteiger partial charge in [0.25, 0.3) is 0 Å². The molecular weight excluding hydrogens is 449 g/mol. The molecule has 0 spiro atoms. The second-order valence-electron chi connectivity index (χ2n) is 9.45. The molecule has 4 rings (SSSR count). The maximum absolute atomic E-state index is 13.2. The number of nitrogens with zero attached hydrogens (tertiary/aromatic N) is 6. The zero-order chi connectivity index (χ0) is 24.8. The predicted octanol–water partition coefficient (Wildman–Crippen LogP) is 4.59. The van der Waals surface area contributed by atoms with Crippen LogP contribution in [0.4, 0.5) is 23.8 Å². The lowest BCUT2D eigenvalue weighted by Crippen LogP contribution is -2.55. The lowest BCUT2D eigenvalue weighted by Gasteiger charge is -2.40. The summed E-state index contributed by atoms with van der Waals surface area (Å²) in [6.45, 7) is 10.8. The van der Waals surface area contributed by atoms with Crippen LogP contribution in [0.25, 0.3) is 16.9 Å². The van der Waals surface area contributed by atoms with Gasteiger partial charge in [-0.05, 0) is 52.3 Å². The minimum atomic E-state index is -4.47. The number of ether oxygens (including phenoxy) is 1. The van der Waals surface area contributed by atoms with E-state index < -0.39 is 17.3 Å². The van der Waals surface area contributed by atoms with Gasteiger partial charge in [-0.15, -0.1) is 0 Å². The molecule has 3 aromatic rings. The summed E-state index contributed by atoms with van der Waals surface area (Å²) in [5.74, 6) is 0.796. The first-order chi connectivity index (χ1) is 15.8. The molecule has 1 aliphatic heterocycles. The molecule has 1 amide bonds. The highest BCUT2D eigenvalue weighted by Gasteiger charge is 2.33. The molecule has 0 radical (unpaired) electrons. The highest BCUT2D eigenvalue weighted by molar-refractivity contribution is 5.92. The Labute approximate surface area is 195 Å². The molecule has 0 unspecified atom stereocenters. The lowest BCUT2D eigenvalue weighted by molar-refractivity contribution is -0.137. The van der Waals surface area contributed by atoms with Crippen molar-refractivity contribution in [2.45, 2.75) is 52.4 Å². The molecule has 8 nitrogen and oxygen atoms in total. The Morgan fingerprint density at radius 2 is 1.88 bits per heavy atom. The first kappa shape index (κ1) is 23.8. The van der Waals surface area contributed by atoms with Crippen LogP contribution in [0.3, 0.4) is 0 Å². The number of alkyl halides is 3. The number of pyridine rings is 1. The second-order valence-corrected chi connectivity index (χ2v) is 9.45. The third-order valence-corrected chi connectivity index (χ3v) is 5.63. The van der Waals surface area contributed by atoms with E-state index in [1.54, 1.807) is 15.7 Å². The maximum Gasteiger partial charge on any atom is 0.416 e. The van der Waals surface area contributed by atoms with Crippen LogP contribution >= 0.6 is 0 Å². The van der Waals surface area contributed by atoms with Crippen molar-refractivity contribution in [3.63, 3.8) is 0 Å². The monoisotopic (exact) mass is 476 g/mol. The van der Waals surface area contributed by atoms with E-state index in [4.69, 9.17) is 4.74 Å². The van der Waals surface area contributed by atoms with Crippen LogP contribution in [0.5, 0.6) is 0 Å². The third-order valence-electron chi connectivity index (χ3n) is 5.63. The topological polar surface area (TPSA) is 76.4 Å². The van der Waals surface area contributed by atoms with E-state index in [-0.39, 0.29) is 18.0 Å². The zero-order valence-electron chi connectivity index (χ0n) is 19.7. The van der Waals surface area contributed by atoms with Crippen molar-refractivity contribution in [2.24, 2.45) is 0 Å². The largest absolute Gasteiger partial charge is 0.444 e. The molecule has 0 N–H and O–H groups in total. The van der Waals surface area contributed by atoms with E-state index in [2.05, 4.69) is 19.9 Å². The summed E-state index contributed by atoms with van der Waals surface area (Å²) in [5.41, 5.74) is -0.0773. The average molecular weight is 477 g/mol. The number of halogens is 3. The number of fused-ring (bicyclic) bond motifs is 1. The van der Waals surface area contributed by atoms with Gasteiger partial charge >= 0.3 is 12.3 Å². The second kappa shape index (κ2) is 8.44. The van der Waals surface area contributed by atoms with Crippen molar-refractivity contribution < 1.29 is 22.7 Å². The average Bonchev–Trinajstić information content (AvgIpc) is 3.09. The molecule has 1 saturated heterocycles. The summed E-state index contributed by atoms with van der Waals surface area (Å²) < 4.78 is 46.7. The van der Waals surface area contributed by atoms with Gasteiger partial charge in [0, 0.05) is 38.1 Å². The SMILES string of the molecule is Cc1cn(-c2cc(C(F)(F)F)ccn2)c2ncnc(N3CCN(C(=O)OC(C)(C)C)[C@H](C)C3)c12. The van der Waals surface area contributed by atoms with Gasteiger partial charge in [-0.1, -0.05) is 0 Å². The lowest BCUT2D eigenvalue weighted by atomic mass is 10.1. The number of carbonyl (C=O) groups excluding carboxylic acids is 1. The summed E-state index contributed by atoms with van der Waals surface area (Å²) in [4.78, 5) is 29.3. The number of amides is 1. The summed E-state index contributed by atoms with van der Waals surface area (Å²) in [7, 11) is 0. The number of hydrogen-bond donors (Lipinski definition) is 0. The number of aryl methyl sites for hydroxylation is 1. The highest BCUT2D eigenvalue weighted by atomic mass is 19.4. The molecule has 4 heterocycles. The van der Waals surface area contributed by atoms with E-state index in [0.29, 0.717) is 31.1 Å². The molecule has 0 aromatic carbocycles. The molecule has 0 saturated carbocycles. The van der Waals surface area contributed by atoms with Crippen LogP contribution in [-0.4, -0.2) is 61.8 Å². The number of hydrogen-bond acceptors (Lipinski definition) is 6. The van der Waals surface area contributed by atoms with E-state index in [1.165, 1.54) is 6.33 Å². The number of aromatic nitrogens is 4. The molecule has 0 bridgehead atoms. The van der Waals surface area contributed by atoms with E-state index in [0.717, 1.165) is 29.3 Å². The quantitative estimate of drug-likeness (QED) is 0.539. The van der Waals surface area contributed by atoms with E-state index >= 15 is 0 Å². The molecule has 11 heteroatoms. The van der Waals surface area contributed by atoms with Crippen LogP contribution in [-0.2, 0) is 10.9 Å². The minimum absolute atomic E-state index is 0.124. The molecule has 0 aliphatic carbocycles. The molecular formula is C23H27F3N6O2. The molecule has 34 heavy (non-hydrogen) atoms. The Bertz CT molecular complexity index is 1220. The maximum atomic E-state index is 13.2. The summed E-state index contributed by atoms with van der Waals surface area (Å²) in [5, 5.41) is 0.736. The van der Waals surface area contributed by atoms with E-state index in [1.807, 2.05) is 34.6 Å². The number of rotatable bonds is 2. The Kier molecular flexibility index (Phi) is 5.91. The van der Waals surface area contributed by atoms with Gasteiger partial charge in [0.15, 0.2) is 5.65 Å². The van der Waals surface area contributed by atoms with Gasteiger partial charge in [0.05, 0.1) is 10.9 Å². The van der Waals surface area contributed by atoms with Crippen molar-refractivity contribution in [3.05, 3.63) is 42.0 Å². The molecule has 182 valence electrons. The molecule has 1 atom stereocenters. The van der Waals surface area contributed by atoms with E-state index in [9.17, 15) is 18.0 Å². The van der Waals surface area contributed by atoms with Crippen molar-refractivity contribution in [1.82, 2.24) is 24.4 Å². The Morgan fingerprint density at radius 3 is 2.53 bits per heavy atom. The van der Waals surface area contributed by atoms with Crippen molar-refractivity contribution in [2.75, 3.05) is 24.5 Å².